The van der Waals surface area contributed by atoms with Crippen molar-refractivity contribution in [1.82, 2.24) is 14.7 Å². The van der Waals surface area contributed by atoms with E-state index in [2.05, 4.69) is 10.1 Å². The molecule has 0 aromatic carbocycles. The topological polar surface area (TPSA) is 64.1 Å². The molecule has 2 aromatic rings. The molecule has 96 valence electrons. The molecule has 0 saturated heterocycles. The van der Waals surface area contributed by atoms with Gasteiger partial charge in [-0.3, -0.25) is 0 Å². The SMILES string of the molecule is CCC(O)c1ccn(Cc2noc(C3CC3)n2)c1. The Morgan fingerprint density at radius 1 is 1.56 bits per heavy atom. The van der Waals surface area contributed by atoms with E-state index in [0.29, 0.717) is 18.3 Å². The van der Waals surface area contributed by atoms with Crippen LogP contribution in [0.15, 0.2) is 23.0 Å². The maximum absolute atomic E-state index is 9.73. The Labute approximate surface area is 105 Å². The largest absolute Gasteiger partial charge is 0.388 e. The maximum atomic E-state index is 9.73. The van der Waals surface area contributed by atoms with Crippen LogP contribution in [0.1, 0.15) is 55.5 Å². The lowest BCUT2D eigenvalue weighted by molar-refractivity contribution is 0.173. The predicted molar refractivity (Wildman–Crippen MR) is 65.1 cm³/mol. The van der Waals surface area contributed by atoms with Crippen molar-refractivity contribution < 1.29 is 9.63 Å². The zero-order valence-electron chi connectivity index (χ0n) is 10.4. The first-order valence-electron chi connectivity index (χ1n) is 6.42. The first kappa shape index (κ1) is 11.5. The summed E-state index contributed by atoms with van der Waals surface area (Å²) in [6, 6.07) is 1.93. The fraction of sp³-hybridized carbons (Fsp3) is 0.538. The summed E-state index contributed by atoms with van der Waals surface area (Å²) < 4.78 is 7.18. The van der Waals surface area contributed by atoms with E-state index < -0.39 is 6.10 Å². The van der Waals surface area contributed by atoms with Gasteiger partial charge in [0.1, 0.15) is 0 Å². The smallest absolute Gasteiger partial charge is 0.229 e. The highest BCUT2D eigenvalue weighted by atomic mass is 16.5. The Kier molecular flexibility index (Phi) is 2.91. The van der Waals surface area contributed by atoms with Crippen LogP contribution in [0.4, 0.5) is 0 Å². The first-order chi connectivity index (χ1) is 8.76. The van der Waals surface area contributed by atoms with Crippen LogP contribution in [0.25, 0.3) is 0 Å². The fourth-order valence-electron chi connectivity index (χ4n) is 1.98. The van der Waals surface area contributed by atoms with Gasteiger partial charge in [0, 0.05) is 18.3 Å². The van der Waals surface area contributed by atoms with Crippen LogP contribution >= 0.6 is 0 Å². The van der Waals surface area contributed by atoms with Crippen molar-refractivity contribution in [3.8, 4) is 0 Å². The lowest BCUT2D eigenvalue weighted by atomic mass is 10.1. The van der Waals surface area contributed by atoms with E-state index in [-0.39, 0.29) is 0 Å². The molecule has 2 heterocycles. The number of hydrogen-bond donors (Lipinski definition) is 1. The van der Waals surface area contributed by atoms with Crippen molar-refractivity contribution in [3.63, 3.8) is 0 Å². The molecule has 2 aromatic heterocycles. The Bertz CT molecular complexity index is 528. The summed E-state index contributed by atoms with van der Waals surface area (Å²) in [6.45, 7) is 2.55. The van der Waals surface area contributed by atoms with Crippen LogP contribution in [-0.2, 0) is 6.54 Å². The summed E-state index contributed by atoms with van der Waals surface area (Å²) in [5.74, 6) is 1.96. The number of rotatable bonds is 5. The second kappa shape index (κ2) is 4.57. The van der Waals surface area contributed by atoms with Gasteiger partial charge in [-0.2, -0.15) is 4.98 Å². The molecule has 5 heteroatoms. The van der Waals surface area contributed by atoms with Crippen LogP contribution in [-0.4, -0.2) is 19.8 Å². The lowest BCUT2D eigenvalue weighted by Gasteiger charge is -2.03. The Hall–Kier alpha value is -1.62. The quantitative estimate of drug-likeness (QED) is 0.880. The van der Waals surface area contributed by atoms with Crippen molar-refractivity contribution in [3.05, 3.63) is 35.7 Å². The number of hydrogen-bond acceptors (Lipinski definition) is 4. The van der Waals surface area contributed by atoms with E-state index in [4.69, 9.17) is 4.52 Å². The molecule has 1 fully saturated rings. The molecule has 1 aliphatic rings. The molecule has 1 atom stereocenters. The van der Waals surface area contributed by atoms with E-state index in [1.165, 1.54) is 0 Å². The van der Waals surface area contributed by atoms with Gasteiger partial charge in [0.05, 0.1) is 12.6 Å². The van der Waals surface area contributed by atoms with Crippen LogP contribution in [0.5, 0.6) is 0 Å². The summed E-state index contributed by atoms with van der Waals surface area (Å²) in [5, 5.41) is 13.7. The normalized spacial score (nSPS) is 17.0. The van der Waals surface area contributed by atoms with Crippen LogP contribution < -0.4 is 0 Å². The molecule has 1 aliphatic carbocycles. The van der Waals surface area contributed by atoms with Crippen molar-refractivity contribution in [2.45, 2.75) is 44.8 Å². The highest BCUT2D eigenvalue weighted by molar-refractivity contribution is 5.14. The standard InChI is InChI=1S/C13H17N3O2/c1-2-11(17)10-5-6-16(7-10)8-12-14-13(18-15-12)9-3-4-9/h5-7,9,11,17H,2-4,8H2,1H3. The van der Waals surface area contributed by atoms with Crippen LogP contribution in [0.2, 0.25) is 0 Å². The molecular formula is C13H17N3O2. The van der Waals surface area contributed by atoms with Gasteiger partial charge in [-0.25, -0.2) is 0 Å². The Morgan fingerprint density at radius 2 is 2.39 bits per heavy atom. The van der Waals surface area contributed by atoms with Gasteiger partial charge < -0.3 is 14.2 Å². The molecule has 0 spiro atoms. The highest BCUT2D eigenvalue weighted by Gasteiger charge is 2.29. The number of aliphatic hydroxyl groups is 1. The van der Waals surface area contributed by atoms with E-state index in [0.717, 1.165) is 30.7 Å². The summed E-state index contributed by atoms with van der Waals surface area (Å²) in [4.78, 5) is 4.38. The van der Waals surface area contributed by atoms with Gasteiger partial charge in [-0.1, -0.05) is 12.1 Å². The van der Waals surface area contributed by atoms with Crippen LogP contribution in [0.3, 0.4) is 0 Å². The molecule has 0 amide bonds. The summed E-state index contributed by atoms with van der Waals surface area (Å²) in [5.41, 5.74) is 0.934. The predicted octanol–water partition coefficient (Wildman–Crippen LogP) is 2.24. The minimum absolute atomic E-state index is 0.390. The van der Waals surface area contributed by atoms with Crippen molar-refractivity contribution >= 4 is 0 Å². The van der Waals surface area contributed by atoms with Crippen molar-refractivity contribution in [2.75, 3.05) is 0 Å². The summed E-state index contributed by atoms with van der Waals surface area (Å²) in [7, 11) is 0. The molecule has 3 rings (SSSR count). The van der Waals surface area contributed by atoms with Gasteiger partial charge in [0.25, 0.3) is 0 Å². The maximum Gasteiger partial charge on any atom is 0.229 e. The van der Waals surface area contributed by atoms with Gasteiger partial charge >= 0.3 is 0 Å². The summed E-state index contributed by atoms with van der Waals surface area (Å²) in [6.07, 6.45) is 6.52. The third-order valence-electron chi connectivity index (χ3n) is 3.28. The average Bonchev–Trinajstić information content (AvgIpc) is 2.96. The monoisotopic (exact) mass is 247 g/mol. The molecule has 0 radical (unpaired) electrons. The van der Waals surface area contributed by atoms with Gasteiger partial charge in [0.15, 0.2) is 5.82 Å². The van der Waals surface area contributed by atoms with E-state index in [1.807, 2.05) is 30.0 Å². The minimum Gasteiger partial charge on any atom is -0.388 e. The summed E-state index contributed by atoms with van der Waals surface area (Å²) >= 11 is 0. The van der Waals surface area contributed by atoms with E-state index in [1.54, 1.807) is 0 Å². The molecule has 0 bridgehead atoms. The third kappa shape index (κ3) is 2.31. The molecular weight excluding hydrogens is 230 g/mol. The zero-order chi connectivity index (χ0) is 12.5. The molecule has 5 nitrogen and oxygen atoms in total. The Balaban J connectivity index is 1.69. The number of aromatic nitrogens is 3. The highest BCUT2D eigenvalue weighted by Crippen LogP contribution is 2.38. The minimum atomic E-state index is -0.390. The van der Waals surface area contributed by atoms with E-state index in [9.17, 15) is 5.11 Å². The van der Waals surface area contributed by atoms with Crippen LogP contribution in [0, 0.1) is 0 Å². The van der Waals surface area contributed by atoms with Crippen molar-refractivity contribution in [1.29, 1.82) is 0 Å². The number of aliphatic hydroxyl groups excluding tert-OH is 1. The van der Waals surface area contributed by atoms with Gasteiger partial charge in [-0.15, -0.1) is 0 Å². The van der Waals surface area contributed by atoms with Gasteiger partial charge in [-0.05, 0) is 30.9 Å². The molecule has 18 heavy (non-hydrogen) atoms. The zero-order valence-corrected chi connectivity index (χ0v) is 10.4. The average molecular weight is 247 g/mol. The fourth-order valence-corrected chi connectivity index (χ4v) is 1.98. The second-order valence-electron chi connectivity index (χ2n) is 4.86. The van der Waals surface area contributed by atoms with Gasteiger partial charge in [0.2, 0.25) is 5.89 Å². The van der Waals surface area contributed by atoms with Crippen molar-refractivity contribution in [2.24, 2.45) is 0 Å². The Morgan fingerprint density at radius 3 is 3.11 bits per heavy atom. The number of nitrogens with zero attached hydrogens (tertiary/aromatic N) is 3. The molecule has 0 aliphatic heterocycles. The van der Waals surface area contributed by atoms with E-state index >= 15 is 0 Å². The molecule has 1 saturated carbocycles. The molecule has 1 unspecified atom stereocenters. The lowest BCUT2D eigenvalue weighted by Crippen LogP contribution is -1.99. The second-order valence-corrected chi connectivity index (χ2v) is 4.86. The third-order valence-corrected chi connectivity index (χ3v) is 3.28. The molecule has 1 N–H and O–H groups in total. The first-order valence-corrected chi connectivity index (χ1v) is 6.42.